The van der Waals surface area contributed by atoms with Gasteiger partial charge < -0.3 is 16.4 Å². The molecule has 0 fully saturated rings. The van der Waals surface area contributed by atoms with Gasteiger partial charge in [0.15, 0.2) is 0 Å². The molecule has 0 radical (unpaired) electrons. The zero-order valence-electron chi connectivity index (χ0n) is 15.5. The normalized spacial score (nSPS) is 11.6. The molecule has 1 aromatic carbocycles. The van der Waals surface area contributed by atoms with Crippen molar-refractivity contribution in [2.75, 3.05) is 11.9 Å². The van der Waals surface area contributed by atoms with E-state index >= 15 is 0 Å². The van der Waals surface area contributed by atoms with Crippen molar-refractivity contribution < 1.29 is 14.0 Å². The topological polar surface area (TPSA) is 84.2 Å². The Morgan fingerprint density at radius 3 is 2.52 bits per heavy atom. The van der Waals surface area contributed by atoms with E-state index in [4.69, 9.17) is 5.73 Å². The number of nitrogens with two attached hydrogens (primary N) is 1. The molecule has 1 heterocycles. The third-order valence-electron chi connectivity index (χ3n) is 3.82. The van der Waals surface area contributed by atoms with Gasteiger partial charge in [-0.25, -0.2) is 4.39 Å². The summed E-state index contributed by atoms with van der Waals surface area (Å²) in [7, 11) is 0. The molecule has 0 saturated heterocycles. The van der Waals surface area contributed by atoms with Crippen LogP contribution in [-0.4, -0.2) is 24.4 Å². The van der Waals surface area contributed by atoms with Gasteiger partial charge in [0.2, 0.25) is 0 Å². The molecule has 4 N–H and O–H groups in total. The lowest BCUT2D eigenvalue weighted by molar-refractivity contribution is 0.0936. The number of hydrogen-bond acceptors (Lipinski definition) is 4. The Kier molecular flexibility index (Phi) is 8.88. The quantitative estimate of drug-likeness (QED) is 0.642. The fraction of sp³-hybridized carbons (Fsp3) is 0.368. The number of thiophene rings is 1. The Morgan fingerprint density at radius 1 is 1.22 bits per heavy atom. The Balaban J connectivity index is 0.00000364. The van der Waals surface area contributed by atoms with Crippen molar-refractivity contribution >= 4 is 40.6 Å². The maximum atomic E-state index is 13.2. The lowest BCUT2D eigenvalue weighted by Crippen LogP contribution is -2.40. The Labute approximate surface area is 168 Å². The summed E-state index contributed by atoms with van der Waals surface area (Å²) in [5.74, 6) is -0.667. The Hall–Kier alpha value is -1.96. The van der Waals surface area contributed by atoms with Gasteiger partial charge in [-0.05, 0) is 49.1 Å². The smallest absolute Gasteiger partial charge is 0.261 e. The van der Waals surface area contributed by atoms with Crippen LogP contribution in [0.5, 0.6) is 0 Å². The summed E-state index contributed by atoms with van der Waals surface area (Å²) < 4.78 is 13.2. The van der Waals surface area contributed by atoms with Crippen LogP contribution in [0, 0.1) is 18.7 Å². The molecule has 2 rings (SSSR count). The van der Waals surface area contributed by atoms with Gasteiger partial charge in [0, 0.05) is 18.2 Å². The number of anilines is 1. The highest BCUT2D eigenvalue weighted by atomic mass is 35.5. The largest absolute Gasteiger partial charge is 0.347 e. The predicted octanol–water partition coefficient (Wildman–Crippen LogP) is 3.97. The van der Waals surface area contributed by atoms with Crippen molar-refractivity contribution in [1.82, 2.24) is 5.32 Å². The maximum absolute atomic E-state index is 13.2. The summed E-state index contributed by atoms with van der Waals surface area (Å²) in [4.78, 5) is 25.3. The molecule has 0 bridgehead atoms. The van der Waals surface area contributed by atoms with E-state index < -0.39 is 11.7 Å². The first-order valence-electron chi connectivity index (χ1n) is 8.48. The van der Waals surface area contributed by atoms with E-state index in [2.05, 4.69) is 24.5 Å². The van der Waals surface area contributed by atoms with Crippen molar-refractivity contribution in [3.63, 3.8) is 0 Å². The molecule has 5 nitrogen and oxygen atoms in total. The van der Waals surface area contributed by atoms with E-state index in [0.717, 1.165) is 12.0 Å². The molecule has 1 atom stereocenters. The van der Waals surface area contributed by atoms with Crippen LogP contribution in [0.15, 0.2) is 30.3 Å². The number of amides is 2. The lowest BCUT2D eigenvalue weighted by atomic mass is 10.0. The Morgan fingerprint density at radius 2 is 1.93 bits per heavy atom. The fourth-order valence-electron chi connectivity index (χ4n) is 2.62. The van der Waals surface area contributed by atoms with Gasteiger partial charge >= 0.3 is 0 Å². The van der Waals surface area contributed by atoms with E-state index in [0.29, 0.717) is 22.3 Å². The van der Waals surface area contributed by atoms with Crippen molar-refractivity contribution in [2.24, 2.45) is 11.7 Å². The number of hydrogen-bond donors (Lipinski definition) is 3. The molecular formula is C19H25ClFN3O2S. The van der Waals surface area contributed by atoms with Crippen LogP contribution in [0.2, 0.25) is 0 Å². The molecule has 0 saturated carbocycles. The van der Waals surface area contributed by atoms with Crippen LogP contribution < -0.4 is 16.4 Å². The van der Waals surface area contributed by atoms with Crippen LogP contribution in [0.3, 0.4) is 0 Å². The Bertz CT molecular complexity index is 795. The van der Waals surface area contributed by atoms with Gasteiger partial charge in [-0.15, -0.1) is 23.7 Å². The monoisotopic (exact) mass is 413 g/mol. The molecule has 8 heteroatoms. The van der Waals surface area contributed by atoms with Crippen LogP contribution in [0.4, 0.5) is 9.39 Å². The minimum absolute atomic E-state index is 0. The molecule has 2 amide bonds. The average molecular weight is 414 g/mol. The summed E-state index contributed by atoms with van der Waals surface area (Å²) in [6, 6.07) is 7.10. The number of benzene rings is 1. The summed E-state index contributed by atoms with van der Waals surface area (Å²) in [6.45, 7) is 6.33. The molecule has 0 aliphatic carbocycles. The van der Waals surface area contributed by atoms with Gasteiger partial charge in [-0.3, -0.25) is 9.59 Å². The maximum Gasteiger partial charge on any atom is 0.261 e. The first-order chi connectivity index (χ1) is 12.3. The second-order valence-corrected chi connectivity index (χ2v) is 7.68. The van der Waals surface area contributed by atoms with Crippen molar-refractivity contribution in [3.05, 3.63) is 52.2 Å². The number of nitrogens with one attached hydrogen (secondary N) is 2. The fourth-order valence-corrected chi connectivity index (χ4v) is 3.59. The second kappa shape index (κ2) is 10.4. The van der Waals surface area contributed by atoms with E-state index in [1.165, 1.54) is 35.6 Å². The highest BCUT2D eigenvalue weighted by Crippen LogP contribution is 2.27. The van der Waals surface area contributed by atoms with E-state index in [1.807, 2.05) is 6.92 Å². The highest BCUT2D eigenvalue weighted by molar-refractivity contribution is 7.18. The standard InChI is InChI=1S/C19H24FN3O2S.ClH/c1-11(2)7-15(10-21)22-19(25)17-12(3)8-16(26-17)23-18(24)13-5-4-6-14(20)9-13;/h4-6,8-9,11,15H,7,10,21H2,1-3H3,(H,22,25)(H,23,24);1H. The summed E-state index contributed by atoms with van der Waals surface area (Å²) in [5, 5.41) is 6.19. The molecule has 0 spiro atoms. The van der Waals surface area contributed by atoms with Gasteiger partial charge in [0.1, 0.15) is 5.82 Å². The van der Waals surface area contributed by atoms with Gasteiger partial charge in [-0.1, -0.05) is 19.9 Å². The first kappa shape index (κ1) is 23.1. The van der Waals surface area contributed by atoms with E-state index in [1.54, 1.807) is 6.07 Å². The summed E-state index contributed by atoms with van der Waals surface area (Å²) in [6.07, 6.45) is 0.801. The van der Waals surface area contributed by atoms with Crippen molar-refractivity contribution in [1.29, 1.82) is 0 Å². The first-order valence-corrected chi connectivity index (χ1v) is 9.30. The highest BCUT2D eigenvalue weighted by Gasteiger charge is 2.19. The molecule has 148 valence electrons. The van der Waals surface area contributed by atoms with Crippen LogP contribution in [0.1, 0.15) is 45.9 Å². The molecular weight excluding hydrogens is 389 g/mol. The third kappa shape index (κ3) is 6.61. The van der Waals surface area contributed by atoms with E-state index in [-0.39, 0.29) is 29.9 Å². The molecule has 1 aromatic heterocycles. The number of rotatable bonds is 7. The molecule has 0 aliphatic rings. The van der Waals surface area contributed by atoms with Gasteiger partial charge in [0.25, 0.3) is 11.8 Å². The van der Waals surface area contributed by atoms with Gasteiger partial charge in [0.05, 0.1) is 9.88 Å². The number of halogens is 2. The van der Waals surface area contributed by atoms with Gasteiger partial charge in [-0.2, -0.15) is 0 Å². The molecule has 1 unspecified atom stereocenters. The predicted molar refractivity (Wildman–Crippen MR) is 110 cm³/mol. The zero-order valence-corrected chi connectivity index (χ0v) is 17.2. The molecule has 0 aliphatic heterocycles. The number of carbonyl (C=O) groups excluding carboxylic acids is 2. The average Bonchev–Trinajstić information content (AvgIpc) is 2.94. The van der Waals surface area contributed by atoms with Crippen molar-refractivity contribution in [2.45, 2.75) is 33.2 Å². The molecule has 27 heavy (non-hydrogen) atoms. The number of carbonyl (C=O) groups is 2. The summed E-state index contributed by atoms with van der Waals surface area (Å²) in [5.41, 5.74) is 6.72. The minimum atomic E-state index is -0.474. The van der Waals surface area contributed by atoms with Crippen molar-refractivity contribution in [3.8, 4) is 0 Å². The van der Waals surface area contributed by atoms with Crippen LogP contribution in [-0.2, 0) is 0 Å². The van der Waals surface area contributed by atoms with Crippen LogP contribution >= 0.6 is 23.7 Å². The summed E-state index contributed by atoms with van der Waals surface area (Å²) >= 11 is 1.19. The minimum Gasteiger partial charge on any atom is -0.347 e. The zero-order chi connectivity index (χ0) is 19.3. The second-order valence-electron chi connectivity index (χ2n) is 6.62. The third-order valence-corrected chi connectivity index (χ3v) is 4.97. The molecule has 2 aromatic rings. The van der Waals surface area contributed by atoms with Crippen LogP contribution in [0.25, 0.3) is 0 Å². The lowest BCUT2D eigenvalue weighted by Gasteiger charge is -2.18. The number of aryl methyl sites for hydroxylation is 1. The SMILES string of the molecule is Cc1cc(NC(=O)c2cccc(F)c2)sc1C(=O)NC(CN)CC(C)C.Cl. The van der Waals surface area contributed by atoms with E-state index in [9.17, 15) is 14.0 Å².